The maximum Gasteiger partial charge on any atom is -1.00 e. The van der Waals surface area contributed by atoms with Crippen LogP contribution in [0.25, 0.3) is 6.08 Å². The SMILES string of the molecule is CCCCC(c1ccccc1)(c1ccccc1)C1[C]([Ti+3])=Cc2ccccc21.[Cl-].[Cl-].[Cl-]. The number of hydrogen-bond acceptors (Lipinski definition) is 0. The summed E-state index contributed by atoms with van der Waals surface area (Å²) in [6.07, 6.45) is 5.97. The number of rotatable bonds is 6. The van der Waals surface area contributed by atoms with Crippen molar-refractivity contribution < 1.29 is 57.7 Å². The number of fused-ring (bicyclic) bond motifs is 1. The summed E-state index contributed by atoms with van der Waals surface area (Å²) in [7, 11) is 0. The third kappa shape index (κ3) is 4.90. The van der Waals surface area contributed by atoms with Gasteiger partial charge in [-0.3, -0.25) is 0 Å². The van der Waals surface area contributed by atoms with E-state index in [0.29, 0.717) is 5.92 Å². The van der Waals surface area contributed by atoms with Gasteiger partial charge in [-0.1, -0.05) is 0 Å². The maximum absolute atomic E-state index is 2.40. The van der Waals surface area contributed by atoms with Gasteiger partial charge in [0, 0.05) is 0 Å². The molecule has 3 aromatic carbocycles. The van der Waals surface area contributed by atoms with Gasteiger partial charge >= 0.3 is 175 Å². The van der Waals surface area contributed by atoms with Crippen molar-refractivity contribution in [2.75, 3.05) is 0 Å². The molecular weight excluding hydrogens is 467 g/mol. The van der Waals surface area contributed by atoms with Crippen LogP contribution in [0.3, 0.4) is 0 Å². The van der Waals surface area contributed by atoms with E-state index in [0.717, 1.165) is 6.42 Å². The second-order valence-corrected chi connectivity index (χ2v) is 8.37. The molecule has 0 heterocycles. The van der Waals surface area contributed by atoms with Crippen molar-refractivity contribution in [2.24, 2.45) is 0 Å². The van der Waals surface area contributed by atoms with Crippen molar-refractivity contribution in [2.45, 2.75) is 37.5 Å². The Morgan fingerprint density at radius 3 is 1.77 bits per heavy atom. The van der Waals surface area contributed by atoms with Crippen molar-refractivity contribution >= 4 is 6.08 Å². The molecule has 1 aliphatic carbocycles. The number of halogens is 3. The molecular formula is C26H25Cl3Ti. The molecule has 0 N–H and O–H groups in total. The Morgan fingerprint density at radius 1 is 0.733 bits per heavy atom. The summed E-state index contributed by atoms with van der Waals surface area (Å²) in [6, 6.07) is 31.3. The molecule has 0 bridgehead atoms. The molecule has 0 amide bonds. The zero-order chi connectivity index (χ0) is 18.7. The van der Waals surface area contributed by atoms with Gasteiger partial charge in [0.25, 0.3) is 0 Å². The zero-order valence-electron chi connectivity index (χ0n) is 17.0. The topological polar surface area (TPSA) is 0 Å². The number of allylic oxidation sites excluding steroid dienone is 1. The molecule has 0 spiro atoms. The standard InChI is InChI=1S/C26H25.3ClH.Ti/c1-2-3-20-26(22-13-6-4-7-14-22,23-15-8-5-9-16-23)25-19-18-21-12-10-11-17-24(21)25;;;;/h4-18,25H,2-3,20H2,1H3;3*1H;/q;;;;+3/p-3. The largest absolute Gasteiger partial charge is 1.00 e. The van der Waals surface area contributed by atoms with Gasteiger partial charge in [0.15, 0.2) is 0 Å². The van der Waals surface area contributed by atoms with Gasteiger partial charge in [-0.15, -0.1) is 0 Å². The molecule has 30 heavy (non-hydrogen) atoms. The molecule has 1 atom stereocenters. The third-order valence-corrected chi connectivity index (χ3v) is 6.60. The first-order valence-electron chi connectivity index (χ1n) is 9.90. The van der Waals surface area contributed by atoms with Crippen LogP contribution in [0.15, 0.2) is 88.8 Å². The fourth-order valence-electron chi connectivity index (χ4n) is 4.71. The molecule has 0 radical (unpaired) electrons. The molecule has 0 aliphatic heterocycles. The van der Waals surface area contributed by atoms with E-state index in [9.17, 15) is 0 Å². The molecule has 0 nitrogen and oxygen atoms in total. The molecule has 0 saturated heterocycles. The van der Waals surface area contributed by atoms with Crippen LogP contribution in [0.2, 0.25) is 0 Å². The van der Waals surface area contributed by atoms with E-state index in [1.807, 2.05) is 0 Å². The minimum atomic E-state index is -0.0360. The van der Waals surface area contributed by atoms with Crippen LogP contribution in [0.1, 0.15) is 54.4 Å². The molecule has 4 heteroatoms. The minimum Gasteiger partial charge on any atom is -1.00 e. The molecule has 0 saturated carbocycles. The Hall–Kier alpha value is -1.02. The quantitative estimate of drug-likeness (QED) is 0.346. The van der Waals surface area contributed by atoms with Crippen LogP contribution < -0.4 is 37.2 Å². The average Bonchev–Trinajstić information content (AvgIpc) is 3.07. The van der Waals surface area contributed by atoms with Crippen LogP contribution in [0.4, 0.5) is 0 Å². The fourth-order valence-corrected chi connectivity index (χ4v) is 5.58. The first-order chi connectivity index (χ1) is 13.3. The van der Waals surface area contributed by atoms with Crippen molar-refractivity contribution in [1.29, 1.82) is 0 Å². The van der Waals surface area contributed by atoms with Crippen molar-refractivity contribution in [3.63, 3.8) is 0 Å². The summed E-state index contributed by atoms with van der Waals surface area (Å²) in [5, 5.41) is 0. The molecule has 3 aromatic rings. The van der Waals surface area contributed by atoms with Crippen LogP contribution in [0, 0.1) is 0 Å². The molecule has 0 fully saturated rings. The van der Waals surface area contributed by atoms with Gasteiger partial charge in [-0.25, -0.2) is 0 Å². The first-order valence-corrected chi connectivity index (χ1v) is 10.7. The maximum atomic E-state index is 2.40. The zero-order valence-corrected chi connectivity index (χ0v) is 20.8. The molecule has 0 aromatic heterocycles. The Labute approximate surface area is 211 Å². The summed E-state index contributed by atoms with van der Waals surface area (Å²) in [5.74, 6) is 0.380. The third-order valence-electron chi connectivity index (χ3n) is 5.92. The summed E-state index contributed by atoms with van der Waals surface area (Å²) < 4.78 is 1.47. The molecule has 4 rings (SSSR count). The van der Waals surface area contributed by atoms with E-state index in [1.165, 1.54) is 39.0 Å². The summed E-state index contributed by atoms with van der Waals surface area (Å²) >= 11 is 2.32. The Morgan fingerprint density at radius 2 is 1.23 bits per heavy atom. The molecule has 1 unspecified atom stereocenters. The second-order valence-electron chi connectivity index (χ2n) is 7.47. The predicted molar refractivity (Wildman–Crippen MR) is 110 cm³/mol. The van der Waals surface area contributed by atoms with Crippen LogP contribution in [-0.4, -0.2) is 0 Å². The van der Waals surface area contributed by atoms with Gasteiger partial charge < -0.3 is 37.2 Å². The molecule has 1 aliphatic rings. The Bertz CT molecular complexity index is 899. The van der Waals surface area contributed by atoms with E-state index in [1.54, 1.807) is 0 Å². The fraction of sp³-hybridized carbons (Fsp3) is 0.231. The van der Waals surface area contributed by atoms with Crippen LogP contribution in [-0.2, 0) is 25.9 Å². The van der Waals surface area contributed by atoms with Crippen molar-refractivity contribution in [3.8, 4) is 0 Å². The van der Waals surface area contributed by atoms with Crippen LogP contribution >= 0.6 is 0 Å². The van der Waals surface area contributed by atoms with Gasteiger partial charge in [0.05, 0.1) is 0 Å². The second kappa shape index (κ2) is 12.1. The number of hydrogen-bond donors (Lipinski definition) is 0. The van der Waals surface area contributed by atoms with Gasteiger partial charge in [-0.2, -0.15) is 0 Å². The normalized spacial score (nSPS) is 14.5. The van der Waals surface area contributed by atoms with E-state index < -0.39 is 0 Å². The van der Waals surface area contributed by atoms with Crippen LogP contribution in [0.5, 0.6) is 0 Å². The van der Waals surface area contributed by atoms with E-state index in [2.05, 4.69) is 118 Å². The average molecular weight is 492 g/mol. The summed E-state index contributed by atoms with van der Waals surface area (Å²) in [4.78, 5) is 0. The smallest absolute Gasteiger partial charge is 1.00 e. The number of benzene rings is 3. The monoisotopic (exact) mass is 490 g/mol. The Balaban J connectivity index is 0.00000150. The number of unbranched alkanes of at least 4 members (excludes halogenated alkanes) is 1. The first kappa shape index (κ1) is 27.0. The van der Waals surface area contributed by atoms with Crippen molar-refractivity contribution in [1.82, 2.24) is 0 Å². The van der Waals surface area contributed by atoms with E-state index in [-0.39, 0.29) is 42.6 Å². The van der Waals surface area contributed by atoms with Gasteiger partial charge in [0.2, 0.25) is 0 Å². The van der Waals surface area contributed by atoms with Crippen molar-refractivity contribution in [3.05, 3.63) is 111 Å². The molecule has 154 valence electrons. The minimum absolute atomic E-state index is 0. The predicted octanol–water partition coefficient (Wildman–Crippen LogP) is -2.14. The van der Waals surface area contributed by atoms with Gasteiger partial charge in [0.1, 0.15) is 0 Å². The summed E-state index contributed by atoms with van der Waals surface area (Å²) in [5.41, 5.74) is 5.68. The summed E-state index contributed by atoms with van der Waals surface area (Å²) in [6.45, 7) is 2.30. The Kier molecular flexibility index (Phi) is 10.9. The van der Waals surface area contributed by atoms with Gasteiger partial charge in [-0.05, 0) is 0 Å². The van der Waals surface area contributed by atoms with E-state index >= 15 is 0 Å². The van der Waals surface area contributed by atoms with E-state index in [4.69, 9.17) is 0 Å².